The van der Waals surface area contributed by atoms with Crippen molar-refractivity contribution in [1.29, 1.82) is 0 Å². The molecule has 0 saturated heterocycles. The van der Waals surface area contributed by atoms with E-state index >= 15 is 0 Å². The maximum Gasteiger partial charge on any atom is 0.0489 e. The van der Waals surface area contributed by atoms with Crippen LogP contribution >= 0.6 is 11.6 Å². The number of hydrogen-bond acceptors (Lipinski definition) is 1. The highest BCUT2D eigenvalue weighted by atomic mass is 35.5. The van der Waals surface area contributed by atoms with Crippen molar-refractivity contribution in [2.45, 2.75) is 19.9 Å². The van der Waals surface area contributed by atoms with Crippen LogP contribution < -0.4 is 5.32 Å². The maximum absolute atomic E-state index is 6.08. The number of nitrogens with one attached hydrogen (secondary N) is 1. The van der Waals surface area contributed by atoms with E-state index in [9.17, 15) is 0 Å². The first kappa shape index (κ1) is 13.9. The van der Waals surface area contributed by atoms with E-state index < -0.39 is 0 Å². The van der Waals surface area contributed by atoms with E-state index in [0.29, 0.717) is 0 Å². The fraction of sp³-hybridized carbons (Fsp3) is 0.263. The van der Waals surface area contributed by atoms with E-state index in [0.717, 1.165) is 31.1 Å². The molecule has 2 aromatic carbocycles. The Balaban J connectivity index is 1.88. The number of hydrogen-bond donors (Lipinski definition) is 1. The topological polar surface area (TPSA) is 17.0 Å². The second-order valence-corrected chi connectivity index (χ2v) is 6.46. The Bertz CT molecular complexity index is 848. The van der Waals surface area contributed by atoms with Crippen molar-refractivity contribution in [3.63, 3.8) is 0 Å². The zero-order valence-corrected chi connectivity index (χ0v) is 13.5. The number of aryl methyl sites for hydroxylation is 1. The Labute approximate surface area is 135 Å². The molecule has 1 aliphatic heterocycles. The van der Waals surface area contributed by atoms with Gasteiger partial charge in [0.1, 0.15) is 0 Å². The van der Waals surface area contributed by atoms with Gasteiger partial charge in [-0.15, -0.1) is 0 Å². The molecule has 3 aromatic rings. The summed E-state index contributed by atoms with van der Waals surface area (Å²) in [6, 6.07) is 15.2. The average molecular weight is 311 g/mol. The van der Waals surface area contributed by atoms with Crippen LogP contribution in [0.2, 0.25) is 5.02 Å². The van der Waals surface area contributed by atoms with Crippen molar-refractivity contribution >= 4 is 22.5 Å². The summed E-state index contributed by atoms with van der Waals surface area (Å²) in [4.78, 5) is 0. The van der Waals surface area contributed by atoms with E-state index in [2.05, 4.69) is 47.1 Å². The molecular weight excluding hydrogens is 292 g/mol. The van der Waals surface area contributed by atoms with Crippen LogP contribution in [-0.2, 0) is 13.0 Å². The molecule has 0 saturated carbocycles. The molecular formula is C19H19ClN2. The number of aromatic nitrogens is 1. The first-order valence-corrected chi connectivity index (χ1v) is 8.19. The Morgan fingerprint density at radius 2 is 1.95 bits per heavy atom. The summed E-state index contributed by atoms with van der Waals surface area (Å²) in [7, 11) is 0. The van der Waals surface area contributed by atoms with Crippen LogP contribution in [0.15, 0.2) is 42.5 Å². The Morgan fingerprint density at radius 1 is 1.05 bits per heavy atom. The smallest absolute Gasteiger partial charge is 0.0489 e. The SMILES string of the molecule is Cc1cc(Cl)ccc1-c1ccc2cc3n(c2c1)CCNCC3. The number of benzene rings is 2. The molecule has 4 rings (SSSR count). The van der Waals surface area contributed by atoms with Gasteiger partial charge >= 0.3 is 0 Å². The Kier molecular flexibility index (Phi) is 3.44. The molecule has 0 radical (unpaired) electrons. The second-order valence-electron chi connectivity index (χ2n) is 6.02. The summed E-state index contributed by atoms with van der Waals surface area (Å²) >= 11 is 6.08. The fourth-order valence-corrected chi connectivity index (χ4v) is 3.66. The lowest BCUT2D eigenvalue weighted by atomic mass is 10.00. The van der Waals surface area contributed by atoms with Gasteiger partial charge in [0.25, 0.3) is 0 Å². The van der Waals surface area contributed by atoms with Crippen LogP contribution in [0, 0.1) is 6.92 Å². The first-order valence-electron chi connectivity index (χ1n) is 7.82. The van der Waals surface area contributed by atoms with Gasteiger partial charge < -0.3 is 9.88 Å². The molecule has 1 aliphatic rings. The molecule has 0 unspecified atom stereocenters. The third-order valence-corrected chi connectivity index (χ3v) is 4.79. The molecule has 1 aromatic heterocycles. The molecule has 112 valence electrons. The lowest BCUT2D eigenvalue weighted by Crippen LogP contribution is -2.17. The standard InChI is InChI=1S/C19H19ClN2/c1-13-10-16(20)4-5-18(13)14-2-3-15-11-17-6-7-21-8-9-22(17)19(15)12-14/h2-5,10-12,21H,6-9H2,1H3. The zero-order chi connectivity index (χ0) is 15.1. The third kappa shape index (κ3) is 2.33. The fourth-order valence-electron chi connectivity index (χ4n) is 3.43. The molecule has 0 atom stereocenters. The molecule has 0 spiro atoms. The minimum atomic E-state index is 0.796. The summed E-state index contributed by atoms with van der Waals surface area (Å²) < 4.78 is 2.46. The monoisotopic (exact) mass is 310 g/mol. The van der Waals surface area contributed by atoms with Crippen molar-refractivity contribution in [3.05, 3.63) is 58.7 Å². The highest BCUT2D eigenvalue weighted by molar-refractivity contribution is 6.30. The van der Waals surface area contributed by atoms with Crippen molar-refractivity contribution < 1.29 is 0 Å². The summed E-state index contributed by atoms with van der Waals surface area (Å²) in [6.07, 6.45) is 1.10. The lowest BCUT2D eigenvalue weighted by molar-refractivity contribution is 0.658. The predicted molar refractivity (Wildman–Crippen MR) is 93.7 cm³/mol. The highest BCUT2D eigenvalue weighted by Crippen LogP contribution is 2.30. The lowest BCUT2D eigenvalue weighted by Gasteiger charge is -2.10. The van der Waals surface area contributed by atoms with Gasteiger partial charge in [-0.25, -0.2) is 0 Å². The Hall–Kier alpha value is -1.77. The van der Waals surface area contributed by atoms with Gasteiger partial charge in [0, 0.05) is 42.3 Å². The second kappa shape index (κ2) is 5.45. The quantitative estimate of drug-likeness (QED) is 0.704. The summed E-state index contributed by atoms with van der Waals surface area (Å²) in [5.41, 5.74) is 6.51. The minimum Gasteiger partial charge on any atom is -0.343 e. The van der Waals surface area contributed by atoms with Crippen LogP contribution in [0.4, 0.5) is 0 Å². The molecule has 0 bridgehead atoms. The molecule has 0 amide bonds. The largest absolute Gasteiger partial charge is 0.343 e. The van der Waals surface area contributed by atoms with E-state index in [1.165, 1.54) is 33.3 Å². The minimum absolute atomic E-state index is 0.796. The van der Waals surface area contributed by atoms with Crippen LogP contribution in [-0.4, -0.2) is 17.7 Å². The van der Waals surface area contributed by atoms with Crippen LogP contribution in [0.1, 0.15) is 11.3 Å². The number of halogens is 1. The van der Waals surface area contributed by atoms with Crippen LogP contribution in [0.3, 0.4) is 0 Å². The predicted octanol–water partition coefficient (Wildman–Crippen LogP) is 4.42. The average Bonchev–Trinajstić information content (AvgIpc) is 2.68. The molecule has 0 aliphatic carbocycles. The van der Waals surface area contributed by atoms with Crippen molar-refractivity contribution in [2.24, 2.45) is 0 Å². The molecule has 22 heavy (non-hydrogen) atoms. The summed E-state index contributed by atoms with van der Waals surface area (Å²) in [6.45, 7) is 5.27. The van der Waals surface area contributed by atoms with E-state index in [1.807, 2.05) is 12.1 Å². The van der Waals surface area contributed by atoms with Gasteiger partial charge in [-0.2, -0.15) is 0 Å². The number of fused-ring (bicyclic) bond motifs is 3. The van der Waals surface area contributed by atoms with Crippen molar-refractivity contribution in [3.8, 4) is 11.1 Å². The maximum atomic E-state index is 6.08. The Morgan fingerprint density at radius 3 is 2.82 bits per heavy atom. The summed E-state index contributed by atoms with van der Waals surface area (Å²) in [5.74, 6) is 0. The van der Waals surface area contributed by atoms with Gasteiger partial charge in [0.2, 0.25) is 0 Å². The van der Waals surface area contributed by atoms with Crippen LogP contribution in [0.5, 0.6) is 0 Å². The third-order valence-electron chi connectivity index (χ3n) is 4.56. The molecule has 1 N–H and O–H groups in total. The van der Waals surface area contributed by atoms with E-state index in [-0.39, 0.29) is 0 Å². The van der Waals surface area contributed by atoms with Crippen molar-refractivity contribution in [2.75, 3.05) is 13.1 Å². The molecule has 2 nitrogen and oxygen atoms in total. The zero-order valence-electron chi connectivity index (χ0n) is 12.7. The van der Waals surface area contributed by atoms with Crippen LogP contribution in [0.25, 0.3) is 22.0 Å². The number of nitrogens with zero attached hydrogens (tertiary/aromatic N) is 1. The molecule has 3 heteroatoms. The van der Waals surface area contributed by atoms with E-state index in [1.54, 1.807) is 0 Å². The molecule has 2 heterocycles. The highest BCUT2D eigenvalue weighted by Gasteiger charge is 2.12. The molecule has 0 fully saturated rings. The number of rotatable bonds is 1. The van der Waals surface area contributed by atoms with Crippen molar-refractivity contribution in [1.82, 2.24) is 9.88 Å². The van der Waals surface area contributed by atoms with Gasteiger partial charge in [-0.3, -0.25) is 0 Å². The van der Waals surface area contributed by atoms with Gasteiger partial charge in [-0.05, 0) is 53.3 Å². The normalized spacial score (nSPS) is 14.8. The van der Waals surface area contributed by atoms with Gasteiger partial charge in [0.05, 0.1) is 0 Å². The summed E-state index contributed by atoms with van der Waals surface area (Å²) in [5, 5.41) is 5.61. The van der Waals surface area contributed by atoms with Gasteiger partial charge in [-0.1, -0.05) is 29.8 Å². The van der Waals surface area contributed by atoms with Gasteiger partial charge in [0.15, 0.2) is 0 Å². The van der Waals surface area contributed by atoms with E-state index in [4.69, 9.17) is 11.6 Å². The first-order chi connectivity index (χ1) is 10.7.